The van der Waals surface area contributed by atoms with Gasteiger partial charge in [-0.25, -0.2) is 0 Å². The van der Waals surface area contributed by atoms with Crippen molar-refractivity contribution >= 4 is 29.1 Å². The van der Waals surface area contributed by atoms with Crippen molar-refractivity contribution < 1.29 is 4.79 Å². The molecule has 1 saturated carbocycles. The fraction of sp³-hybridized carbons (Fsp3) is 0.500. The molecule has 1 N–H and O–H groups in total. The molecule has 1 amide bonds. The van der Waals surface area contributed by atoms with E-state index in [1.165, 1.54) is 0 Å². The van der Waals surface area contributed by atoms with Crippen molar-refractivity contribution in [3.05, 3.63) is 33.8 Å². The molecule has 0 saturated heterocycles. The largest absolute Gasteiger partial charge is 0.351 e. The first-order valence-corrected chi connectivity index (χ1v) is 6.99. The summed E-state index contributed by atoms with van der Waals surface area (Å²) in [6.45, 7) is 2.50. The van der Waals surface area contributed by atoms with Crippen LogP contribution in [0.3, 0.4) is 0 Å². The highest BCUT2D eigenvalue weighted by Gasteiger charge is 2.35. The van der Waals surface area contributed by atoms with Gasteiger partial charge in [-0.2, -0.15) is 0 Å². The van der Waals surface area contributed by atoms with Crippen molar-refractivity contribution in [2.24, 2.45) is 5.41 Å². The fourth-order valence-corrected chi connectivity index (χ4v) is 2.91. The van der Waals surface area contributed by atoms with Crippen molar-refractivity contribution in [2.75, 3.05) is 0 Å². The summed E-state index contributed by atoms with van der Waals surface area (Å²) in [5, 5.41) is 4.18. The smallest absolute Gasteiger partial charge is 0.226 e. The molecule has 0 bridgehead atoms. The van der Waals surface area contributed by atoms with Crippen molar-refractivity contribution in [3.63, 3.8) is 0 Å². The second-order valence-corrected chi connectivity index (χ2v) is 6.03. The number of rotatable bonds is 3. The summed E-state index contributed by atoms with van der Waals surface area (Å²) >= 11 is 11.9. The molecule has 2 nitrogen and oxygen atoms in total. The van der Waals surface area contributed by atoms with E-state index in [0.717, 1.165) is 31.2 Å². The predicted molar refractivity (Wildman–Crippen MR) is 74.9 cm³/mol. The minimum absolute atomic E-state index is 0.131. The third kappa shape index (κ3) is 2.99. The van der Waals surface area contributed by atoms with Gasteiger partial charge >= 0.3 is 0 Å². The number of carbonyl (C=O) groups is 1. The Balaban J connectivity index is 1.97. The molecule has 0 heterocycles. The molecule has 98 valence electrons. The Labute approximate surface area is 118 Å². The van der Waals surface area contributed by atoms with Gasteiger partial charge in [-0.3, -0.25) is 4.79 Å². The minimum Gasteiger partial charge on any atom is -0.351 e. The van der Waals surface area contributed by atoms with Crippen molar-refractivity contribution in [1.29, 1.82) is 0 Å². The van der Waals surface area contributed by atoms with E-state index >= 15 is 0 Å². The third-order valence-corrected chi connectivity index (χ3v) is 4.30. The van der Waals surface area contributed by atoms with Crippen molar-refractivity contribution in [3.8, 4) is 0 Å². The number of halogens is 2. The zero-order chi connectivity index (χ0) is 13.2. The van der Waals surface area contributed by atoms with Gasteiger partial charge in [0, 0.05) is 22.0 Å². The second-order valence-electron chi connectivity index (χ2n) is 5.19. The molecule has 0 aromatic heterocycles. The van der Waals surface area contributed by atoms with Gasteiger partial charge in [-0.05, 0) is 30.5 Å². The number of hydrogen-bond acceptors (Lipinski definition) is 1. The van der Waals surface area contributed by atoms with Crippen molar-refractivity contribution in [2.45, 2.75) is 39.2 Å². The maximum Gasteiger partial charge on any atom is 0.226 e. The van der Waals surface area contributed by atoms with Crippen LogP contribution in [0.1, 0.15) is 38.2 Å². The molecular formula is C14H17Cl2NO. The van der Waals surface area contributed by atoms with E-state index in [-0.39, 0.29) is 11.3 Å². The second kappa shape index (κ2) is 5.50. The normalized spacial score (nSPS) is 17.7. The molecule has 0 spiro atoms. The third-order valence-electron chi connectivity index (χ3n) is 3.71. The van der Waals surface area contributed by atoms with E-state index < -0.39 is 0 Å². The van der Waals surface area contributed by atoms with Gasteiger partial charge in [0.2, 0.25) is 5.91 Å². The molecule has 0 atom stereocenters. The number of carbonyl (C=O) groups excluding carboxylic acids is 1. The molecule has 0 radical (unpaired) electrons. The number of hydrogen-bond donors (Lipinski definition) is 1. The Bertz CT molecular complexity index is 453. The zero-order valence-electron chi connectivity index (χ0n) is 10.4. The van der Waals surface area contributed by atoms with Crippen LogP contribution in [0.2, 0.25) is 10.0 Å². The van der Waals surface area contributed by atoms with Gasteiger partial charge in [0.15, 0.2) is 0 Å². The number of benzene rings is 1. The number of nitrogens with one attached hydrogen (secondary N) is 1. The molecule has 1 aliphatic rings. The maximum absolute atomic E-state index is 12.1. The first-order valence-electron chi connectivity index (χ1n) is 6.23. The molecular weight excluding hydrogens is 269 g/mol. The van der Waals surface area contributed by atoms with Gasteiger partial charge in [-0.15, -0.1) is 0 Å². The lowest BCUT2D eigenvalue weighted by atomic mass is 9.88. The number of amides is 1. The molecule has 1 aliphatic carbocycles. The molecule has 18 heavy (non-hydrogen) atoms. The van der Waals surface area contributed by atoms with E-state index in [2.05, 4.69) is 5.32 Å². The summed E-state index contributed by atoms with van der Waals surface area (Å²) in [6, 6.07) is 5.33. The molecule has 4 heteroatoms. The zero-order valence-corrected chi connectivity index (χ0v) is 11.9. The van der Waals surface area contributed by atoms with Crippen LogP contribution in [0.15, 0.2) is 18.2 Å². The summed E-state index contributed by atoms with van der Waals surface area (Å²) < 4.78 is 0. The van der Waals surface area contributed by atoms with Crippen LogP contribution in [-0.2, 0) is 11.3 Å². The summed E-state index contributed by atoms with van der Waals surface area (Å²) in [7, 11) is 0. The fourth-order valence-electron chi connectivity index (χ4n) is 2.44. The summed E-state index contributed by atoms with van der Waals surface area (Å²) in [5.41, 5.74) is 0.704. The summed E-state index contributed by atoms with van der Waals surface area (Å²) in [6.07, 6.45) is 4.25. The van der Waals surface area contributed by atoms with Crippen LogP contribution in [0.4, 0.5) is 0 Å². The van der Waals surface area contributed by atoms with Gasteiger partial charge < -0.3 is 5.32 Å². The van der Waals surface area contributed by atoms with Gasteiger partial charge in [-0.1, -0.05) is 49.0 Å². The Morgan fingerprint density at radius 1 is 1.33 bits per heavy atom. The highest BCUT2D eigenvalue weighted by atomic mass is 35.5. The van der Waals surface area contributed by atoms with Gasteiger partial charge in [0.05, 0.1) is 0 Å². The van der Waals surface area contributed by atoms with Crippen LogP contribution in [0.5, 0.6) is 0 Å². The van der Waals surface area contributed by atoms with Crippen LogP contribution in [0.25, 0.3) is 0 Å². The quantitative estimate of drug-likeness (QED) is 0.887. The topological polar surface area (TPSA) is 29.1 Å². The summed E-state index contributed by atoms with van der Waals surface area (Å²) in [5.74, 6) is 0.131. The Morgan fingerprint density at radius 2 is 2.00 bits per heavy atom. The van der Waals surface area contributed by atoms with E-state index in [4.69, 9.17) is 23.2 Å². The maximum atomic E-state index is 12.1. The van der Waals surface area contributed by atoms with Crippen LogP contribution in [0, 0.1) is 5.41 Å². The lowest BCUT2D eigenvalue weighted by Crippen LogP contribution is -2.36. The average molecular weight is 286 g/mol. The lowest BCUT2D eigenvalue weighted by molar-refractivity contribution is -0.130. The average Bonchev–Trinajstić information content (AvgIpc) is 2.76. The van der Waals surface area contributed by atoms with E-state index in [9.17, 15) is 4.79 Å². The van der Waals surface area contributed by atoms with Gasteiger partial charge in [0.1, 0.15) is 0 Å². The standard InChI is InChI=1S/C14H17Cl2NO/c1-14(6-2-3-7-14)13(18)17-9-10-4-5-11(15)8-12(10)16/h4-5,8H,2-3,6-7,9H2,1H3,(H,17,18). The Hall–Kier alpha value is -0.730. The lowest BCUT2D eigenvalue weighted by Gasteiger charge is -2.22. The van der Waals surface area contributed by atoms with Gasteiger partial charge in [0.25, 0.3) is 0 Å². The molecule has 1 aromatic carbocycles. The predicted octanol–water partition coefficient (Wildman–Crippen LogP) is 4.19. The minimum atomic E-state index is -0.196. The Morgan fingerprint density at radius 3 is 2.61 bits per heavy atom. The van der Waals surface area contributed by atoms with Crippen LogP contribution in [-0.4, -0.2) is 5.91 Å². The van der Waals surface area contributed by atoms with Crippen LogP contribution >= 0.6 is 23.2 Å². The van der Waals surface area contributed by atoms with E-state index in [1.54, 1.807) is 12.1 Å². The first-order chi connectivity index (χ1) is 8.51. The molecule has 1 fully saturated rings. The monoisotopic (exact) mass is 285 g/mol. The highest BCUT2D eigenvalue weighted by Crippen LogP contribution is 2.37. The van der Waals surface area contributed by atoms with Crippen LogP contribution < -0.4 is 5.32 Å². The van der Waals surface area contributed by atoms with E-state index in [0.29, 0.717) is 16.6 Å². The molecule has 2 rings (SSSR count). The molecule has 1 aromatic rings. The SMILES string of the molecule is CC1(C(=O)NCc2ccc(Cl)cc2Cl)CCCC1. The first kappa shape index (κ1) is 13.7. The molecule has 0 unspecified atom stereocenters. The molecule has 0 aliphatic heterocycles. The van der Waals surface area contributed by atoms with Crippen molar-refractivity contribution in [1.82, 2.24) is 5.32 Å². The summed E-state index contributed by atoms with van der Waals surface area (Å²) in [4.78, 5) is 12.1. The highest BCUT2D eigenvalue weighted by molar-refractivity contribution is 6.35. The Kier molecular flexibility index (Phi) is 4.18. The van der Waals surface area contributed by atoms with E-state index in [1.807, 2.05) is 13.0 Å².